The molecule has 0 radical (unpaired) electrons. The van der Waals surface area contributed by atoms with Crippen LogP contribution in [0.4, 0.5) is 0 Å². The highest BCUT2D eigenvalue weighted by Gasteiger charge is 2.22. The third-order valence-electron chi connectivity index (χ3n) is 5.66. The van der Waals surface area contributed by atoms with Crippen molar-refractivity contribution in [3.05, 3.63) is 53.7 Å². The number of nitrogens with zero attached hydrogens (tertiary/aromatic N) is 5. The number of hydrogen-bond acceptors (Lipinski definition) is 4. The predicted octanol–water partition coefficient (Wildman–Crippen LogP) is 3.55. The van der Waals surface area contributed by atoms with Crippen molar-refractivity contribution in [2.24, 2.45) is 0 Å². The summed E-state index contributed by atoms with van der Waals surface area (Å²) in [7, 11) is 0. The van der Waals surface area contributed by atoms with Crippen LogP contribution in [0.1, 0.15) is 29.9 Å². The van der Waals surface area contributed by atoms with Gasteiger partial charge in [0, 0.05) is 31.2 Å². The third-order valence-corrected chi connectivity index (χ3v) is 5.66. The lowest BCUT2D eigenvalue weighted by atomic mass is 10.1. The van der Waals surface area contributed by atoms with Crippen molar-refractivity contribution in [1.29, 1.82) is 0 Å². The molecule has 28 heavy (non-hydrogen) atoms. The molecule has 6 heteroatoms. The Hall–Kier alpha value is -2.44. The van der Waals surface area contributed by atoms with E-state index >= 15 is 0 Å². The molecule has 3 aromatic rings. The van der Waals surface area contributed by atoms with E-state index in [-0.39, 0.29) is 0 Å². The van der Waals surface area contributed by atoms with Crippen molar-refractivity contribution in [1.82, 2.24) is 24.2 Å². The summed E-state index contributed by atoms with van der Waals surface area (Å²) >= 11 is 0. The number of aryl methyl sites for hydroxylation is 2. The number of morpholine rings is 1. The first-order valence-corrected chi connectivity index (χ1v) is 10.0. The Morgan fingerprint density at radius 1 is 1.11 bits per heavy atom. The molecule has 1 aliphatic heterocycles. The SMILES string of the molecule is Cc1ccccc1-n1nc(C)c(-c2cncn2[C@H](C)CN2CCOCC2)c1C. The monoisotopic (exact) mass is 379 g/mol. The van der Waals surface area contributed by atoms with Gasteiger partial charge in [-0.2, -0.15) is 5.10 Å². The molecule has 0 saturated carbocycles. The Bertz CT molecular complexity index is 952. The molecule has 148 valence electrons. The first-order chi connectivity index (χ1) is 13.6. The lowest BCUT2D eigenvalue weighted by Gasteiger charge is -2.30. The summed E-state index contributed by atoms with van der Waals surface area (Å²) in [6.45, 7) is 13.3. The van der Waals surface area contributed by atoms with Gasteiger partial charge in [-0.15, -0.1) is 0 Å². The van der Waals surface area contributed by atoms with Crippen LogP contribution in [0.2, 0.25) is 0 Å². The standard InChI is InChI=1S/C22H29N5O/c1-16-7-5-6-8-20(16)27-19(4)22(18(3)24-27)21-13-23-15-26(21)17(2)14-25-9-11-28-12-10-25/h5-8,13,15,17H,9-12,14H2,1-4H3/t17-/m1/s1. The quantitative estimate of drug-likeness (QED) is 0.680. The summed E-state index contributed by atoms with van der Waals surface area (Å²) in [4.78, 5) is 6.94. The predicted molar refractivity (Wildman–Crippen MR) is 111 cm³/mol. The number of aromatic nitrogens is 4. The van der Waals surface area contributed by atoms with Gasteiger partial charge in [0.1, 0.15) is 0 Å². The molecule has 0 unspecified atom stereocenters. The average molecular weight is 380 g/mol. The van der Waals surface area contributed by atoms with E-state index in [4.69, 9.17) is 9.84 Å². The Labute approximate surface area is 166 Å². The van der Waals surface area contributed by atoms with Crippen molar-refractivity contribution in [3.8, 4) is 16.9 Å². The molecule has 1 aliphatic rings. The molecule has 6 nitrogen and oxygen atoms in total. The molecule has 0 spiro atoms. The van der Waals surface area contributed by atoms with Crippen LogP contribution < -0.4 is 0 Å². The van der Waals surface area contributed by atoms with Gasteiger partial charge in [-0.1, -0.05) is 18.2 Å². The van der Waals surface area contributed by atoms with Crippen LogP contribution in [-0.2, 0) is 4.74 Å². The number of rotatable bonds is 5. The van der Waals surface area contributed by atoms with E-state index in [0.29, 0.717) is 6.04 Å². The number of ether oxygens (including phenoxy) is 1. The highest BCUT2D eigenvalue weighted by molar-refractivity contribution is 5.66. The second-order valence-corrected chi connectivity index (χ2v) is 7.69. The first-order valence-electron chi connectivity index (χ1n) is 10.0. The van der Waals surface area contributed by atoms with Crippen LogP contribution in [0.15, 0.2) is 36.8 Å². The van der Waals surface area contributed by atoms with Crippen LogP contribution in [-0.4, -0.2) is 57.1 Å². The maximum Gasteiger partial charge on any atom is 0.0953 e. The molecule has 0 N–H and O–H groups in total. The van der Waals surface area contributed by atoms with Crippen molar-refractivity contribution in [3.63, 3.8) is 0 Å². The Balaban J connectivity index is 1.67. The average Bonchev–Trinajstić information content (AvgIpc) is 3.27. The van der Waals surface area contributed by atoms with E-state index in [0.717, 1.165) is 55.6 Å². The van der Waals surface area contributed by atoms with E-state index in [1.165, 1.54) is 11.1 Å². The van der Waals surface area contributed by atoms with E-state index in [2.05, 4.69) is 71.1 Å². The highest BCUT2D eigenvalue weighted by atomic mass is 16.5. The van der Waals surface area contributed by atoms with Crippen molar-refractivity contribution in [2.45, 2.75) is 33.7 Å². The van der Waals surface area contributed by atoms with Crippen LogP contribution >= 0.6 is 0 Å². The Morgan fingerprint density at radius 3 is 2.61 bits per heavy atom. The van der Waals surface area contributed by atoms with Gasteiger partial charge in [0.15, 0.2) is 0 Å². The second-order valence-electron chi connectivity index (χ2n) is 7.69. The van der Waals surface area contributed by atoms with Crippen molar-refractivity contribution >= 4 is 0 Å². The third kappa shape index (κ3) is 3.50. The van der Waals surface area contributed by atoms with E-state index in [1.54, 1.807) is 0 Å². The van der Waals surface area contributed by atoms with E-state index < -0.39 is 0 Å². The van der Waals surface area contributed by atoms with Crippen molar-refractivity contribution < 1.29 is 4.74 Å². The molecule has 1 atom stereocenters. The molecule has 2 aromatic heterocycles. The van der Waals surface area contributed by atoms with Gasteiger partial charge in [-0.05, 0) is 39.3 Å². The Kier molecular flexibility index (Phi) is 5.33. The molecule has 0 amide bonds. The smallest absolute Gasteiger partial charge is 0.0953 e. The van der Waals surface area contributed by atoms with Gasteiger partial charge in [-0.25, -0.2) is 9.67 Å². The summed E-state index contributed by atoms with van der Waals surface area (Å²) in [5, 5.41) is 4.86. The minimum Gasteiger partial charge on any atom is -0.379 e. The summed E-state index contributed by atoms with van der Waals surface area (Å²) in [6, 6.07) is 8.70. The molecule has 1 saturated heterocycles. The molecule has 4 rings (SSSR count). The van der Waals surface area contributed by atoms with Gasteiger partial charge in [0.2, 0.25) is 0 Å². The fourth-order valence-electron chi connectivity index (χ4n) is 4.14. The lowest BCUT2D eigenvalue weighted by molar-refractivity contribution is 0.0326. The zero-order valence-corrected chi connectivity index (χ0v) is 17.2. The minimum absolute atomic E-state index is 0.330. The van der Waals surface area contributed by atoms with Crippen LogP contribution in [0, 0.1) is 20.8 Å². The maximum atomic E-state index is 5.48. The number of hydrogen-bond donors (Lipinski definition) is 0. The topological polar surface area (TPSA) is 48.1 Å². The van der Waals surface area contributed by atoms with Crippen LogP contribution in [0.5, 0.6) is 0 Å². The van der Waals surface area contributed by atoms with Crippen LogP contribution in [0.25, 0.3) is 16.9 Å². The second kappa shape index (κ2) is 7.89. The number of para-hydroxylation sites is 1. The fraction of sp³-hybridized carbons (Fsp3) is 0.455. The summed E-state index contributed by atoms with van der Waals surface area (Å²) in [6.07, 6.45) is 3.92. The van der Waals surface area contributed by atoms with Crippen LogP contribution in [0.3, 0.4) is 0 Å². The number of benzene rings is 1. The zero-order chi connectivity index (χ0) is 19.7. The molecule has 0 bridgehead atoms. The zero-order valence-electron chi connectivity index (χ0n) is 17.2. The highest BCUT2D eigenvalue weighted by Crippen LogP contribution is 2.31. The molecule has 3 heterocycles. The van der Waals surface area contributed by atoms with Crippen molar-refractivity contribution in [2.75, 3.05) is 32.8 Å². The van der Waals surface area contributed by atoms with E-state index in [1.807, 2.05) is 12.5 Å². The summed E-state index contributed by atoms with van der Waals surface area (Å²) in [5.41, 5.74) is 6.83. The Morgan fingerprint density at radius 2 is 1.86 bits per heavy atom. The number of imidazole rings is 1. The molecule has 0 aliphatic carbocycles. The summed E-state index contributed by atoms with van der Waals surface area (Å²) < 4.78 is 9.82. The molecule has 1 aromatic carbocycles. The largest absolute Gasteiger partial charge is 0.379 e. The lowest BCUT2D eigenvalue weighted by Crippen LogP contribution is -2.39. The fourth-order valence-corrected chi connectivity index (χ4v) is 4.14. The first kappa shape index (κ1) is 18.9. The minimum atomic E-state index is 0.330. The molecular formula is C22H29N5O. The van der Waals surface area contributed by atoms with Gasteiger partial charge in [0.25, 0.3) is 0 Å². The van der Waals surface area contributed by atoms with Gasteiger partial charge >= 0.3 is 0 Å². The van der Waals surface area contributed by atoms with Gasteiger partial charge in [0.05, 0.1) is 48.5 Å². The van der Waals surface area contributed by atoms with Gasteiger partial charge in [-0.3, -0.25) is 4.90 Å². The molecule has 1 fully saturated rings. The maximum absolute atomic E-state index is 5.48. The molecular weight excluding hydrogens is 350 g/mol. The summed E-state index contributed by atoms with van der Waals surface area (Å²) in [5.74, 6) is 0. The van der Waals surface area contributed by atoms with E-state index in [9.17, 15) is 0 Å². The van der Waals surface area contributed by atoms with Gasteiger partial charge < -0.3 is 9.30 Å². The normalized spacial score (nSPS) is 16.4.